The molecule has 0 aliphatic heterocycles. The molecule has 1 aliphatic rings. The van der Waals surface area contributed by atoms with Gasteiger partial charge in [0.1, 0.15) is 11.6 Å². The number of unbranched alkanes of at least 4 members (excludes halogenated alkanes) is 4. The Hall–Kier alpha value is -2.99. The number of rotatable bonds is 7. The number of benzene rings is 3. The summed E-state index contributed by atoms with van der Waals surface area (Å²) < 4.78 is 30.3. The van der Waals surface area contributed by atoms with Gasteiger partial charge in [-0.2, -0.15) is 5.26 Å². The zero-order chi connectivity index (χ0) is 21.1. The van der Waals surface area contributed by atoms with Crippen LogP contribution in [-0.4, -0.2) is 0 Å². The first-order valence-electron chi connectivity index (χ1n) is 10.8. The summed E-state index contributed by atoms with van der Waals surface area (Å²) >= 11 is 0. The van der Waals surface area contributed by atoms with E-state index in [2.05, 4.69) is 19.1 Å². The van der Waals surface area contributed by atoms with Gasteiger partial charge in [-0.25, -0.2) is 8.78 Å². The zero-order valence-corrected chi connectivity index (χ0v) is 17.3. The molecule has 4 rings (SSSR count). The van der Waals surface area contributed by atoms with Crippen LogP contribution in [0.2, 0.25) is 0 Å². The lowest BCUT2D eigenvalue weighted by Crippen LogP contribution is -1.97. The maximum atomic E-state index is 15.4. The van der Waals surface area contributed by atoms with Crippen LogP contribution in [0.3, 0.4) is 0 Å². The quantitative estimate of drug-likeness (QED) is 0.293. The summed E-state index contributed by atoms with van der Waals surface area (Å²) in [5.41, 5.74) is 5.41. The second-order valence-electron chi connectivity index (χ2n) is 8.10. The standard InChI is InChI=1S/C27H25F2N/c1-2-3-4-5-6-7-18-10-13-22-21(14-18)15-24-23(22)16-25(28)26(27(24)29)20-11-8-19(17-30)9-12-20/h8-14,16H,2-7,15H2,1H3. The monoisotopic (exact) mass is 401 g/mol. The molecule has 0 atom stereocenters. The molecule has 0 amide bonds. The third kappa shape index (κ3) is 3.87. The number of nitriles is 1. The molecular weight excluding hydrogens is 376 g/mol. The van der Waals surface area contributed by atoms with Gasteiger partial charge in [0.2, 0.25) is 0 Å². The van der Waals surface area contributed by atoms with Gasteiger partial charge in [-0.15, -0.1) is 0 Å². The van der Waals surface area contributed by atoms with Crippen LogP contribution in [0.25, 0.3) is 22.3 Å². The molecule has 0 heterocycles. The number of halogens is 2. The Bertz CT molecular complexity index is 1110. The second-order valence-corrected chi connectivity index (χ2v) is 8.10. The third-order valence-electron chi connectivity index (χ3n) is 6.02. The first-order chi connectivity index (χ1) is 14.6. The van der Waals surface area contributed by atoms with Crippen molar-refractivity contribution in [3.8, 4) is 28.3 Å². The summed E-state index contributed by atoms with van der Waals surface area (Å²) in [6.45, 7) is 2.22. The molecular formula is C27H25F2N. The summed E-state index contributed by atoms with van der Waals surface area (Å²) in [7, 11) is 0. The molecule has 3 aromatic rings. The van der Waals surface area contributed by atoms with Crippen molar-refractivity contribution in [2.24, 2.45) is 0 Å². The molecule has 0 N–H and O–H groups in total. The smallest absolute Gasteiger partial charge is 0.138 e. The third-order valence-corrected chi connectivity index (χ3v) is 6.02. The number of hydrogen-bond acceptors (Lipinski definition) is 1. The molecule has 152 valence electrons. The normalized spacial score (nSPS) is 11.8. The minimum atomic E-state index is -0.566. The minimum absolute atomic E-state index is 0.0119. The fourth-order valence-electron chi connectivity index (χ4n) is 4.38. The summed E-state index contributed by atoms with van der Waals surface area (Å²) in [5.74, 6) is -1.06. The van der Waals surface area contributed by atoms with Crippen LogP contribution in [0.4, 0.5) is 8.78 Å². The van der Waals surface area contributed by atoms with E-state index in [0.717, 1.165) is 24.0 Å². The van der Waals surface area contributed by atoms with Crippen molar-refractivity contribution < 1.29 is 8.78 Å². The van der Waals surface area contributed by atoms with E-state index in [4.69, 9.17) is 5.26 Å². The van der Waals surface area contributed by atoms with Crippen LogP contribution in [0, 0.1) is 23.0 Å². The molecule has 3 heteroatoms. The van der Waals surface area contributed by atoms with Gasteiger partial charge >= 0.3 is 0 Å². The van der Waals surface area contributed by atoms with E-state index in [1.54, 1.807) is 24.3 Å². The van der Waals surface area contributed by atoms with Crippen molar-refractivity contribution in [1.29, 1.82) is 5.26 Å². The van der Waals surface area contributed by atoms with E-state index in [0.29, 0.717) is 28.7 Å². The summed E-state index contributed by atoms with van der Waals surface area (Å²) in [4.78, 5) is 0. The van der Waals surface area contributed by atoms with Gasteiger partial charge in [0.15, 0.2) is 0 Å². The van der Waals surface area contributed by atoms with E-state index in [-0.39, 0.29) is 5.56 Å². The Morgan fingerprint density at radius 3 is 2.40 bits per heavy atom. The van der Waals surface area contributed by atoms with Gasteiger partial charge in [-0.3, -0.25) is 0 Å². The van der Waals surface area contributed by atoms with E-state index in [9.17, 15) is 4.39 Å². The number of nitrogens with zero attached hydrogens (tertiary/aromatic N) is 1. The molecule has 0 bridgehead atoms. The van der Waals surface area contributed by atoms with Crippen LogP contribution in [0.5, 0.6) is 0 Å². The Balaban J connectivity index is 1.60. The molecule has 1 aliphatic carbocycles. The van der Waals surface area contributed by atoms with Crippen molar-refractivity contribution in [1.82, 2.24) is 0 Å². The largest absolute Gasteiger partial charge is 0.206 e. The first-order valence-corrected chi connectivity index (χ1v) is 10.8. The Kier molecular flexibility index (Phi) is 5.95. The molecule has 0 radical (unpaired) electrons. The number of hydrogen-bond donors (Lipinski definition) is 0. The summed E-state index contributed by atoms with van der Waals surface area (Å²) in [5, 5.41) is 8.95. The lowest BCUT2D eigenvalue weighted by Gasteiger charge is -2.10. The van der Waals surface area contributed by atoms with Crippen LogP contribution in [0.1, 0.15) is 61.3 Å². The predicted molar refractivity (Wildman–Crippen MR) is 117 cm³/mol. The van der Waals surface area contributed by atoms with Crippen LogP contribution in [-0.2, 0) is 12.8 Å². The lowest BCUT2D eigenvalue weighted by atomic mass is 9.96. The van der Waals surface area contributed by atoms with Gasteiger partial charge in [-0.05, 0) is 58.9 Å². The fraction of sp³-hybridized carbons (Fsp3) is 0.296. The fourth-order valence-corrected chi connectivity index (χ4v) is 4.38. The minimum Gasteiger partial charge on any atom is -0.206 e. The molecule has 0 fully saturated rings. The maximum Gasteiger partial charge on any atom is 0.138 e. The lowest BCUT2D eigenvalue weighted by molar-refractivity contribution is 0.583. The highest BCUT2D eigenvalue weighted by molar-refractivity contribution is 5.81. The molecule has 3 aromatic carbocycles. The molecule has 30 heavy (non-hydrogen) atoms. The van der Waals surface area contributed by atoms with Crippen molar-refractivity contribution >= 4 is 0 Å². The highest BCUT2D eigenvalue weighted by Crippen LogP contribution is 2.42. The van der Waals surface area contributed by atoms with Crippen LogP contribution >= 0.6 is 0 Å². The molecule has 0 aromatic heterocycles. The van der Waals surface area contributed by atoms with E-state index in [1.165, 1.54) is 37.3 Å². The average molecular weight is 402 g/mol. The topological polar surface area (TPSA) is 23.8 Å². The molecule has 0 unspecified atom stereocenters. The Labute approximate surface area is 177 Å². The highest BCUT2D eigenvalue weighted by Gasteiger charge is 2.27. The van der Waals surface area contributed by atoms with E-state index >= 15 is 4.39 Å². The van der Waals surface area contributed by atoms with Gasteiger partial charge < -0.3 is 0 Å². The molecule has 0 spiro atoms. The second kappa shape index (κ2) is 8.79. The van der Waals surface area contributed by atoms with Gasteiger partial charge in [0, 0.05) is 12.0 Å². The Morgan fingerprint density at radius 2 is 1.67 bits per heavy atom. The van der Waals surface area contributed by atoms with Gasteiger partial charge in [0.05, 0.1) is 17.2 Å². The SMILES string of the molecule is CCCCCCCc1ccc2c(c1)Cc1c-2cc(F)c(-c2ccc(C#N)cc2)c1F. The van der Waals surface area contributed by atoms with Crippen molar-refractivity contribution in [3.63, 3.8) is 0 Å². The number of fused-ring (bicyclic) bond motifs is 3. The number of aryl methyl sites for hydroxylation is 1. The zero-order valence-electron chi connectivity index (χ0n) is 17.3. The molecule has 1 nitrogen and oxygen atoms in total. The van der Waals surface area contributed by atoms with E-state index < -0.39 is 11.6 Å². The van der Waals surface area contributed by atoms with Crippen molar-refractivity contribution in [2.45, 2.75) is 51.9 Å². The van der Waals surface area contributed by atoms with Crippen molar-refractivity contribution in [3.05, 3.63) is 82.4 Å². The summed E-state index contributed by atoms with van der Waals surface area (Å²) in [6, 6.07) is 16.1. The van der Waals surface area contributed by atoms with E-state index in [1.807, 2.05) is 12.1 Å². The predicted octanol–water partition coefficient (Wildman–Crippen LogP) is 7.59. The molecule has 0 saturated carbocycles. The Morgan fingerprint density at radius 1 is 0.900 bits per heavy atom. The molecule has 0 saturated heterocycles. The van der Waals surface area contributed by atoms with Gasteiger partial charge in [-0.1, -0.05) is 62.9 Å². The average Bonchev–Trinajstić information content (AvgIpc) is 3.12. The van der Waals surface area contributed by atoms with Crippen LogP contribution in [0.15, 0.2) is 48.5 Å². The maximum absolute atomic E-state index is 15.4. The van der Waals surface area contributed by atoms with Gasteiger partial charge in [0.25, 0.3) is 0 Å². The summed E-state index contributed by atoms with van der Waals surface area (Å²) in [6.07, 6.45) is 7.71. The highest BCUT2D eigenvalue weighted by atomic mass is 19.1. The first kappa shape index (κ1) is 20.3. The van der Waals surface area contributed by atoms with Crippen molar-refractivity contribution in [2.75, 3.05) is 0 Å². The van der Waals surface area contributed by atoms with Crippen LogP contribution < -0.4 is 0 Å².